The fraction of sp³-hybridized carbons (Fsp3) is 0.400. The normalized spacial score (nSPS) is 11.8. The number of fused-ring (bicyclic) bond motifs is 1. The molecule has 0 atom stereocenters. The molecule has 96 valence electrons. The summed E-state index contributed by atoms with van der Waals surface area (Å²) in [4.78, 5) is 15.4. The third kappa shape index (κ3) is 2.40. The minimum Gasteiger partial charge on any atom is -0.350 e. The van der Waals surface area contributed by atoms with Crippen molar-refractivity contribution < 1.29 is 4.79 Å². The summed E-state index contributed by atoms with van der Waals surface area (Å²) in [6.45, 7) is 9.98. The number of carbonyl (C=O) groups excluding carboxylic acids is 1. The Bertz CT molecular complexity index is 603. The smallest absolute Gasteiger partial charge is 0.268 e. The standard InChI is InChI=1S/C15H20N2O/c1-9-6-7-12-11(8-9)10(2)13(16-12)14(18)17-15(3,4)5/h6-8,16H,1-5H3,(H,17,18). The molecule has 0 saturated heterocycles. The lowest BCUT2D eigenvalue weighted by Crippen LogP contribution is -2.40. The second kappa shape index (κ2) is 4.16. The molecule has 1 aromatic carbocycles. The van der Waals surface area contributed by atoms with Crippen molar-refractivity contribution in [1.29, 1.82) is 0 Å². The molecule has 2 rings (SSSR count). The van der Waals surface area contributed by atoms with Crippen LogP contribution in [-0.4, -0.2) is 16.4 Å². The average Bonchev–Trinajstić information content (AvgIpc) is 2.54. The molecule has 3 heteroatoms. The molecule has 1 aromatic heterocycles. The van der Waals surface area contributed by atoms with Gasteiger partial charge in [0.1, 0.15) is 5.69 Å². The van der Waals surface area contributed by atoms with Crippen LogP contribution in [-0.2, 0) is 0 Å². The largest absolute Gasteiger partial charge is 0.350 e. The summed E-state index contributed by atoms with van der Waals surface area (Å²) in [6.07, 6.45) is 0. The summed E-state index contributed by atoms with van der Waals surface area (Å²) < 4.78 is 0. The van der Waals surface area contributed by atoms with E-state index in [1.807, 2.05) is 39.8 Å². The minimum absolute atomic E-state index is 0.0474. The van der Waals surface area contributed by atoms with Crippen molar-refractivity contribution in [3.05, 3.63) is 35.0 Å². The summed E-state index contributed by atoms with van der Waals surface area (Å²) in [5, 5.41) is 4.10. The fourth-order valence-corrected chi connectivity index (χ4v) is 2.07. The number of aromatic nitrogens is 1. The van der Waals surface area contributed by atoms with Crippen LogP contribution in [0.25, 0.3) is 10.9 Å². The van der Waals surface area contributed by atoms with Gasteiger partial charge in [-0.2, -0.15) is 0 Å². The maximum absolute atomic E-state index is 12.2. The van der Waals surface area contributed by atoms with Crippen LogP contribution in [0.15, 0.2) is 18.2 Å². The van der Waals surface area contributed by atoms with Gasteiger partial charge in [-0.3, -0.25) is 4.79 Å². The Labute approximate surface area is 108 Å². The Morgan fingerprint density at radius 3 is 2.50 bits per heavy atom. The molecule has 0 radical (unpaired) electrons. The number of aromatic amines is 1. The van der Waals surface area contributed by atoms with Gasteiger partial charge < -0.3 is 10.3 Å². The lowest BCUT2D eigenvalue weighted by Gasteiger charge is -2.20. The molecule has 1 heterocycles. The molecule has 0 aliphatic heterocycles. The molecule has 18 heavy (non-hydrogen) atoms. The molecule has 0 unspecified atom stereocenters. The van der Waals surface area contributed by atoms with Crippen LogP contribution in [0.5, 0.6) is 0 Å². The number of H-pyrrole nitrogens is 1. The fourth-order valence-electron chi connectivity index (χ4n) is 2.07. The van der Waals surface area contributed by atoms with E-state index in [1.54, 1.807) is 0 Å². The Balaban J connectivity index is 2.46. The SMILES string of the molecule is Cc1ccc2[nH]c(C(=O)NC(C)(C)C)c(C)c2c1. The monoisotopic (exact) mass is 244 g/mol. The van der Waals surface area contributed by atoms with E-state index in [-0.39, 0.29) is 11.4 Å². The van der Waals surface area contributed by atoms with Gasteiger partial charge in [0.25, 0.3) is 5.91 Å². The number of carbonyl (C=O) groups is 1. The number of benzene rings is 1. The van der Waals surface area contributed by atoms with E-state index in [0.717, 1.165) is 16.5 Å². The van der Waals surface area contributed by atoms with Crippen LogP contribution >= 0.6 is 0 Å². The first kappa shape index (κ1) is 12.7. The van der Waals surface area contributed by atoms with Gasteiger partial charge in [0.15, 0.2) is 0 Å². The quantitative estimate of drug-likeness (QED) is 0.794. The Morgan fingerprint density at radius 2 is 1.89 bits per heavy atom. The highest BCUT2D eigenvalue weighted by molar-refractivity contribution is 6.01. The Hall–Kier alpha value is -1.77. The van der Waals surface area contributed by atoms with Crippen molar-refractivity contribution in [3.8, 4) is 0 Å². The van der Waals surface area contributed by atoms with Crippen LogP contribution in [0, 0.1) is 13.8 Å². The van der Waals surface area contributed by atoms with Crippen LogP contribution in [0.3, 0.4) is 0 Å². The predicted molar refractivity (Wildman–Crippen MR) is 75.0 cm³/mol. The van der Waals surface area contributed by atoms with Gasteiger partial charge in [0, 0.05) is 16.4 Å². The molecule has 0 bridgehead atoms. The van der Waals surface area contributed by atoms with E-state index in [2.05, 4.69) is 23.3 Å². The summed E-state index contributed by atoms with van der Waals surface area (Å²) in [5.41, 5.74) is 3.65. The van der Waals surface area contributed by atoms with Gasteiger partial charge >= 0.3 is 0 Å². The molecule has 1 amide bonds. The van der Waals surface area contributed by atoms with Crippen molar-refractivity contribution >= 4 is 16.8 Å². The minimum atomic E-state index is -0.225. The molecule has 0 fully saturated rings. The van der Waals surface area contributed by atoms with Crippen molar-refractivity contribution in [3.63, 3.8) is 0 Å². The summed E-state index contributed by atoms with van der Waals surface area (Å²) >= 11 is 0. The first-order chi connectivity index (χ1) is 8.28. The van der Waals surface area contributed by atoms with Crippen molar-refractivity contribution in [2.24, 2.45) is 0 Å². The van der Waals surface area contributed by atoms with E-state index in [1.165, 1.54) is 5.56 Å². The van der Waals surface area contributed by atoms with Gasteiger partial charge in [0.05, 0.1) is 0 Å². The van der Waals surface area contributed by atoms with E-state index >= 15 is 0 Å². The molecule has 0 spiro atoms. The number of hydrogen-bond acceptors (Lipinski definition) is 1. The Kier molecular flexibility index (Phi) is 2.93. The maximum Gasteiger partial charge on any atom is 0.268 e. The second-order valence-electron chi connectivity index (χ2n) is 5.88. The Morgan fingerprint density at radius 1 is 1.22 bits per heavy atom. The second-order valence-corrected chi connectivity index (χ2v) is 5.88. The molecule has 0 aliphatic rings. The first-order valence-electron chi connectivity index (χ1n) is 6.19. The van der Waals surface area contributed by atoms with Gasteiger partial charge in [0.2, 0.25) is 0 Å². The highest BCUT2D eigenvalue weighted by Gasteiger charge is 2.19. The number of rotatable bonds is 1. The molecule has 0 saturated carbocycles. The van der Waals surface area contributed by atoms with Crippen molar-refractivity contribution in [2.75, 3.05) is 0 Å². The van der Waals surface area contributed by atoms with E-state index in [4.69, 9.17) is 0 Å². The predicted octanol–water partition coefficient (Wildman–Crippen LogP) is 3.31. The summed E-state index contributed by atoms with van der Waals surface area (Å²) in [5.74, 6) is -0.0474. The molecular weight excluding hydrogens is 224 g/mol. The number of amides is 1. The third-order valence-corrected chi connectivity index (χ3v) is 2.93. The highest BCUT2D eigenvalue weighted by Crippen LogP contribution is 2.23. The van der Waals surface area contributed by atoms with E-state index in [9.17, 15) is 4.79 Å². The third-order valence-electron chi connectivity index (χ3n) is 2.93. The van der Waals surface area contributed by atoms with Crippen LogP contribution in [0.2, 0.25) is 0 Å². The number of nitrogens with one attached hydrogen (secondary N) is 2. The van der Waals surface area contributed by atoms with E-state index in [0.29, 0.717) is 5.69 Å². The molecule has 0 aliphatic carbocycles. The summed E-state index contributed by atoms with van der Waals surface area (Å²) in [7, 11) is 0. The molecule has 2 aromatic rings. The lowest BCUT2D eigenvalue weighted by atomic mass is 10.1. The average molecular weight is 244 g/mol. The van der Waals surface area contributed by atoms with Crippen molar-refractivity contribution in [1.82, 2.24) is 10.3 Å². The van der Waals surface area contributed by atoms with Crippen LogP contribution < -0.4 is 5.32 Å². The number of aryl methyl sites for hydroxylation is 2. The topological polar surface area (TPSA) is 44.9 Å². The van der Waals surface area contributed by atoms with Crippen LogP contribution in [0.4, 0.5) is 0 Å². The van der Waals surface area contributed by atoms with E-state index < -0.39 is 0 Å². The first-order valence-corrected chi connectivity index (χ1v) is 6.19. The van der Waals surface area contributed by atoms with Gasteiger partial charge in [-0.15, -0.1) is 0 Å². The molecule has 3 nitrogen and oxygen atoms in total. The van der Waals surface area contributed by atoms with Crippen molar-refractivity contribution in [2.45, 2.75) is 40.2 Å². The maximum atomic E-state index is 12.2. The van der Waals surface area contributed by atoms with Gasteiger partial charge in [-0.1, -0.05) is 11.6 Å². The zero-order chi connectivity index (χ0) is 13.5. The number of hydrogen-bond donors (Lipinski definition) is 2. The highest BCUT2D eigenvalue weighted by atomic mass is 16.2. The zero-order valence-electron chi connectivity index (χ0n) is 11.6. The van der Waals surface area contributed by atoms with Crippen LogP contribution in [0.1, 0.15) is 42.4 Å². The molecule has 2 N–H and O–H groups in total. The summed E-state index contributed by atoms with van der Waals surface area (Å²) in [6, 6.07) is 6.17. The van der Waals surface area contributed by atoms with Gasteiger partial charge in [-0.25, -0.2) is 0 Å². The lowest BCUT2D eigenvalue weighted by molar-refractivity contribution is 0.0914. The van der Waals surface area contributed by atoms with Gasteiger partial charge in [-0.05, 0) is 52.3 Å². The molecular formula is C15H20N2O. The zero-order valence-corrected chi connectivity index (χ0v) is 11.6.